The predicted molar refractivity (Wildman–Crippen MR) is 59.6 cm³/mol. The van der Waals surface area contributed by atoms with Crippen molar-refractivity contribution in [3.05, 3.63) is 12.2 Å². The fraction of sp³-hybridized carbons (Fsp3) is 0.867. The molecule has 84 valence electrons. The summed E-state index contributed by atoms with van der Waals surface area (Å²) in [6.45, 7) is 0. The van der Waals surface area contributed by atoms with E-state index in [0.29, 0.717) is 6.10 Å². The lowest BCUT2D eigenvalue weighted by Gasteiger charge is -2.39. The van der Waals surface area contributed by atoms with Crippen molar-refractivity contribution in [3.63, 3.8) is 0 Å². The normalized spacial score (nSPS) is 75.5. The summed E-state index contributed by atoms with van der Waals surface area (Å²) in [5, 5.41) is 0. The molecule has 0 amide bonds. The zero-order chi connectivity index (χ0) is 10.0. The summed E-state index contributed by atoms with van der Waals surface area (Å²) in [7, 11) is 0. The lowest BCUT2D eigenvalue weighted by atomic mass is 9.65. The van der Waals surface area contributed by atoms with Crippen molar-refractivity contribution in [3.8, 4) is 0 Å². The molecule has 0 aromatic rings. The standard InChI is InChI=1S/C15H18O/c1-2-7-3-6(1)12-8-4-10(13(7)12)14-9(8)5-11-15(14)16-11/h1-2,6-15H,3-5H2. The van der Waals surface area contributed by atoms with E-state index in [0.717, 1.165) is 53.4 Å². The molecule has 10 atom stereocenters. The van der Waals surface area contributed by atoms with Gasteiger partial charge in [-0.3, -0.25) is 0 Å². The van der Waals surface area contributed by atoms with Crippen LogP contribution in [-0.4, -0.2) is 12.2 Å². The zero-order valence-corrected chi connectivity index (χ0v) is 9.46. The highest BCUT2D eigenvalue weighted by Gasteiger charge is 2.71. The van der Waals surface area contributed by atoms with Gasteiger partial charge in [-0.1, -0.05) is 12.2 Å². The van der Waals surface area contributed by atoms with Gasteiger partial charge in [0.2, 0.25) is 0 Å². The molecule has 5 fully saturated rings. The Kier molecular flexibility index (Phi) is 1.07. The van der Waals surface area contributed by atoms with Gasteiger partial charge in [-0.2, -0.15) is 0 Å². The molecule has 10 unspecified atom stereocenters. The lowest BCUT2D eigenvalue weighted by molar-refractivity contribution is 0.0612. The van der Waals surface area contributed by atoms with Gasteiger partial charge in [0, 0.05) is 0 Å². The van der Waals surface area contributed by atoms with E-state index in [9.17, 15) is 0 Å². The highest BCUT2D eigenvalue weighted by Crippen LogP contribution is 2.73. The molecule has 5 aliphatic carbocycles. The Balaban J connectivity index is 1.49. The van der Waals surface area contributed by atoms with Crippen LogP contribution in [0, 0.1) is 47.3 Å². The molecule has 0 aromatic carbocycles. The van der Waals surface area contributed by atoms with Crippen molar-refractivity contribution in [2.45, 2.75) is 31.5 Å². The number of hydrogen-bond acceptors (Lipinski definition) is 1. The first-order chi connectivity index (χ1) is 7.92. The predicted octanol–water partition coefficient (Wildman–Crippen LogP) is 2.48. The van der Waals surface area contributed by atoms with Crippen molar-refractivity contribution < 1.29 is 4.74 Å². The highest BCUT2D eigenvalue weighted by atomic mass is 16.6. The third kappa shape index (κ3) is 0.641. The van der Waals surface area contributed by atoms with Crippen molar-refractivity contribution in [2.24, 2.45) is 47.3 Å². The van der Waals surface area contributed by atoms with Crippen LogP contribution in [0.4, 0.5) is 0 Å². The van der Waals surface area contributed by atoms with Crippen LogP contribution in [0.1, 0.15) is 19.3 Å². The monoisotopic (exact) mass is 214 g/mol. The molecule has 1 heteroatoms. The van der Waals surface area contributed by atoms with E-state index in [2.05, 4.69) is 12.2 Å². The molecule has 1 aliphatic heterocycles. The van der Waals surface area contributed by atoms with E-state index < -0.39 is 0 Å². The van der Waals surface area contributed by atoms with Gasteiger partial charge in [-0.05, 0) is 66.6 Å². The van der Waals surface area contributed by atoms with Crippen molar-refractivity contribution in [1.82, 2.24) is 0 Å². The van der Waals surface area contributed by atoms with E-state index in [1.165, 1.54) is 12.8 Å². The molecule has 4 saturated carbocycles. The van der Waals surface area contributed by atoms with Gasteiger partial charge < -0.3 is 4.74 Å². The molecule has 0 spiro atoms. The van der Waals surface area contributed by atoms with E-state index >= 15 is 0 Å². The van der Waals surface area contributed by atoms with Gasteiger partial charge in [-0.15, -0.1) is 0 Å². The molecule has 0 aromatic heterocycles. The quantitative estimate of drug-likeness (QED) is 0.343. The summed E-state index contributed by atoms with van der Waals surface area (Å²) in [5.74, 6) is 8.43. The number of epoxide rings is 1. The van der Waals surface area contributed by atoms with E-state index in [1.807, 2.05) is 0 Å². The Hall–Kier alpha value is -0.300. The van der Waals surface area contributed by atoms with E-state index in [1.54, 1.807) is 6.42 Å². The average Bonchev–Trinajstić information content (AvgIpc) is 2.84. The average molecular weight is 214 g/mol. The topological polar surface area (TPSA) is 12.5 Å². The largest absolute Gasteiger partial charge is 0.369 e. The van der Waals surface area contributed by atoms with Gasteiger partial charge in [0.1, 0.15) is 0 Å². The van der Waals surface area contributed by atoms with Crippen LogP contribution in [-0.2, 0) is 4.74 Å². The molecule has 6 rings (SSSR count). The molecule has 1 heterocycles. The van der Waals surface area contributed by atoms with Gasteiger partial charge in [-0.25, -0.2) is 0 Å². The molecule has 6 aliphatic rings. The molecule has 4 bridgehead atoms. The Morgan fingerprint density at radius 3 is 2.38 bits per heavy atom. The zero-order valence-electron chi connectivity index (χ0n) is 9.46. The van der Waals surface area contributed by atoms with Gasteiger partial charge in [0.05, 0.1) is 12.2 Å². The fourth-order valence-corrected chi connectivity index (χ4v) is 6.98. The molecule has 0 radical (unpaired) electrons. The summed E-state index contributed by atoms with van der Waals surface area (Å²) in [6, 6.07) is 0. The van der Waals surface area contributed by atoms with Gasteiger partial charge in [0.15, 0.2) is 0 Å². The third-order valence-electron chi connectivity index (χ3n) is 7.16. The van der Waals surface area contributed by atoms with Crippen molar-refractivity contribution >= 4 is 0 Å². The number of ether oxygens (including phenoxy) is 1. The first-order valence-electron chi connectivity index (χ1n) is 7.25. The number of rotatable bonds is 0. The van der Waals surface area contributed by atoms with Crippen LogP contribution >= 0.6 is 0 Å². The third-order valence-corrected chi connectivity index (χ3v) is 7.16. The maximum absolute atomic E-state index is 5.83. The molecule has 16 heavy (non-hydrogen) atoms. The smallest absolute Gasteiger partial charge is 0.0875 e. The van der Waals surface area contributed by atoms with E-state index in [4.69, 9.17) is 4.74 Å². The van der Waals surface area contributed by atoms with Crippen molar-refractivity contribution in [2.75, 3.05) is 0 Å². The maximum Gasteiger partial charge on any atom is 0.0875 e. The second kappa shape index (κ2) is 2.16. The first kappa shape index (κ1) is 7.92. The van der Waals surface area contributed by atoms with Crippen molar-refractivity contribution in [1.29, 1.82) is 0 Å². The summed E-state index contributed by atoms with van der Waals surface area (Å²) in [4.78, 5) is 0. The van der Waals surface area contributed by atoms with E-state index in [-0.39, 0.29) is 0 Å². The lowest BCUT2D eigenvalue weighted by Crippen LogP contribution is -2.37. The van der Waals surface area contributed by atoms with Gasteiger partial charge in [0.25, 0.3) is 0 Å². The SMILES string of the molecule is C1=CC2CC1C1C3CC(C4C3CC3OC34)C21. The maximum atomic E-state index is 5.83. The first-order valence-corrected chi connectivity index (χ1v) is 7.25. The van der Waals surface area contributed by atoms with Gasteiger partial charge >= 0.3 is 0 Å². The molecule has 0 N–H and O–H groups in total. The number of hydrogen-bond donors (Lipinski definition) is 0. The molecule has 1 nitrogen and oxygen atoms in total. The highest BCUT2D eigenvalue weighted by molar-refractivity contribution is 5.25. The van der Waals surface area contributed by atoms with Crippen LogP contribution in [0.3, 0.4) is 0 Å². The Morgan fingerprint density at radius 1 is 0.750 bits per heavy atom. The summed E-state index contributed by atoms with van der Waals surface area (Å²) < 4.78 is 5.83. The molecular weight excluding hydrogens is 196 g/mol. The van der Waals surface area contributed by atoms with Crippen LogP contribution in [0.25, 0.3) is 0 Å². The second-order valence-electron chi connectivity index (χ2n) is 7.28. The van der Waals surface area contributed by atoms with Crippen LogP contribution < -0.4 is 0 Å². The fourth-order valence-electron chi connectivity index (χ4n) is 6.98. The molecular formula is C15H18O. The Morgan fingerprint density at radius 2 is 1.50 bits per heavy atom. The van der Waals surface area contributed by atoms with Crippen LogP contribution in [0.15, 0.2) is 12.2 Å². The second-order valence-corrected chi connectivity index (χ2v) is 7.28. The minimum atomic E-state index is 0.713. The number of allylic oxidation sites excluding steroid dienone is 2. The number of fused-ring (bicyclic) bond motifs is 14. The Labute approximate surface area is 96.2 Å². The van der Waals surface area contributed by atoms with Crippen LogP contribution in [0.5, 0.6) is 0 Å². The van der Waals surface area contributed by atoms with Crippen LogP contribution in [0.2, 0.25) is 0 Å². The minimum absolute atomic E-state index is 0.713. The Bertz CT molecular complexity index is 414. The summed E-state index contributed by atoms with van der Waals surface area (Å²) >= 11 is 0. The summed E-state index contributed by atoms with van der Waals surface area (Å²) in [5.41, 5.74) is 0. The minimum Gasteiger partial charge on any atom is -0.369 e. The molecule has 1 saturated heterocycles. The summed E-state index contributed by atoms with van der Waals surface area (Å²) in [6.07, 6.45) is 11.1.